The fraction of sp³-hybridized carbons (Fsp3) is 0.417. The van der Waals surface area contributed by atoms with Gasteiger partial charge in [0.1, 0.15) is 5.82 Å². The number of benzene rings is 2. The van der Waals surface area contributed by atoms with E-state index in [1.807, 2.05) is 23.1 Å². The number of halogens is 1. The van der Waals surface area contributed by atoms with Gasteiger partial charge in [0.05, 0.1) is 11.6 Å². The topological polar surface area (TPSA) is 59.1 Å². The van der Waals surface area contributed by atoms with E-state index >= 15 is 0 Å². The number of carbonyl (C=O) groups excluding carboxylic acids is 2. The molecule has 5 rings (SSSR count). The van der Waals surface area contributed by atoms with E-state index in [0.29, 0.717) is 18.0 Å². The molecule has 1 saturated carbocycles. The summed E-state index contributed by atoms with van der Waals surface area (Å²) in [6.45, 7) is 0.883. The zero-order chi connectivity index (χ0) is 21.4. The normalized spacial score (nSPS) is 20.5. The molecule has 0 radical (unpaired) electrons. The van der Waals surface area contributed by atoms with E-state index in [0.717, 1.165) is 31.2 Å². The number of carbonyl (C=O) groups is 2. The Labute approximate surface area is 180 Å². The molecule has 2 aromatic carbocycles. The highest BCUT2D eigenvalue weighted by atomic mass is 19.1. The summed E-state index contributed by atoms with van der Waals surface area (Å²) in [7, 11) is 0. The fourth-order valence-electron chi connectivity index (χ4n) is 4.85. The SMILES string of the molecule is O=C1CC(C(=O)N(Cc2ccc3c(c2)OCO3)C2CCCC2)CN1c1ccccc1F. The van der Waals surface area contributed by atoms with E-state index in [9.17, 15) is 14.0 Å². The molecule has 1 unspecified atom stereocenters. The average molecular weight is 424 g/mol. The third-order valence-corrected chi connectivity index (χ3v) is 6.46. The minimum absolute atomic E-state index is 0.0308. The summed E-state index contributed by atoms with van der Waals surface area (Å²) in [5.41, 5.74) is 1.21. The molecule has 3 aliphatic rings. The molecule has 0 spiro atoms. The molecule has 0 N–H and O–H groups in total. The number of nitrogens with zero attached hydrogens (tertiary/aromatic N) is 2. The van der Waals surface area contributed by atoms with Crippen molar-refractivity contribution in [3.8, 4) is 11.5 Å². The van der Waals surface area contributed by atoms with Gasteiger partial charge in [0.25, 0.3) is 0 Å². The molecule has 1 saturated heterocycles. The number of fused-ring (bicyclic) bond motifs is 1. The van der Waals surface area contributed by atoms with Crippen LogP contribution in [0.4, 0.5) is 10.1 Å². The van der Waals surface area contributed by atoms with E-state index in [1.54, 1.807) is 18.2 Å². The molecule has 1 aliphatic carbocycles. The molecule has 2 fully saturated rings. The van der Waals surface area contributed by atoms with Crippen LogP contribution < -0.4 is 14.4 Å². The van der Waals surface area contributed by atoms with Crippen molar-refractivity contribution in [2.75, 3.05) is 18.2 Å². The van der Waals surface area contributed by atoms with Crippen molar-refractivity contribution in [2.45, 2.75) is 44.7 Å². The smallest absolute Gasteiger partial charge is 0.231 e. The Kier molecular flexibility index (Phi) is 5.26. The van der Waals surface area contributed by atoms with Crippen molar-refractivity contribution in [1.29, 1.82) is 0 Å². The quantitative estimate of drug-likeness (QED) is 0.731. The van der Waals surface area contributed by atoms with Crippen molar-refractivity contribution in [1.82, 2.24) is 4.90 Å². The third-order valence-electron chi connectivity index (χ3n) is 6.46. The van der Waals surface area contributed by atoms with Crippen LogP contribution in [-0.4, -0.2) is 36.1 Å². The summed E-state index contributed by atoms with van der Waals surface area (Å²) in [5, 5.41) is 0. The first kappa shape index (κ1) is 19.8. The van der Waals surface area contributed by atoms with Gasteiger partial charge in [-0.15, -0.1) is 0 Å². The molecule has 2 heterocycles. The zero-order valence-corrected chi connectivity index (χ0v) is 17.3. The first-order valence-electron chi connectivity index (χ1n) is 10.8. The molecule has 2 aromatic rings. The predicted octanol–water partition coefficient (Wildman–Crippen LogP) is 3.88. The van der Waals surface area contributed by atoms with Crippen molar-refractivity contribution in [3.63, 3.8) is 0 Å². The van der Waals surface area contributed by atoms with Gasteiger partial charge in [-0.2, -0.15) is 0 Å². The maximum absolute atomic E-state index is 14.2. The van der Waals surface area contributed by atoms with Gasteiger partial charge in [-0.05, 0) is 42.7 Å². The van der Waals surface area contributed by atoms with Gasteiger partial charge in [0, 0.05) is 25.6 Å². The number of amides is 2. The Morgan fingerprint density at radius 3 is 2.68 bits per heavy atom. The van der Waals surface area contributed by atoms with Crippen LogP contribution in [0.15, 0.2) is 42.5 Å². The Balaban J connectivity index is 1.36. The van der Waals surface area contributed by atoms with E-state index < -0.39 is 11.7 Å². The van der Waals surface area contributed by atoms with Crippen LogP contribution in [0.2, 0.25) is 0 Å². The number of anilines is 1. The Morgan fingerprint density at radius 2 is 1.87 bits per heavy atom. The van der Waals surface area contributed by atoms with Crippen molar-refractivity contribution in [3.05, 3.63) is 53.8 Å². The lowest BCUT2D eigenvalue weighted by molar-refractivity contribution is -0.138. The monoisotopic (exact) mass is 424 g/mol. The molecule has 0 aromatic heterocycles. The molecular formula is C24H25FN2O4. The van der Waals surface area contributed by atoms with Gasteiger partial charge in [-0.1, -0.05) is 31.0 Å². The number of rotatable bonds is 5. The first-order valence-corrected chi connectivity index (χ1v) is 10.8. The van der Waals surface area contributed by atoms with Crippen LogP contribution in [0.5, 0.6) is 11.5 Å². The van der Waals surface area contributed by atoms with E-state index in [-0.39, 0.29) is 43.3 Å². The first-order chi connectivity index (χ1) is 15.1. The summed E-state index contributed by atoms with van der Waals surface area (Å²) < 4.78 is 25.1. The summed E-state index contributed by atoms with van der Waals surface area (Å²) in [4.78, 5) is 29.5. The summed E-state index contributed by atoms with van der Waals surface area (Å²) in [5.74, 6) is 0.246. The Morgan fingerprint density at radius 1 is 1.10 bits per heavy atom. The lowest BCUT2D eigenvalue weighted by Crippen LogP contribution is -2.42. The Hall–Kier alpha value is -3.09. The highest BCUT2D eigenvalue weighted by Crippen LogP contribution is 2.35. The number of hydrogen-bond acceptors (Lipinski definition) is 4. The predicted molar refractivity (Wildman–Crippen MR) is 112 cm³/mol. The molecule has 7 heteroatoms. The highest BCUT2D eigenvalue weighted by molar-refractivity contribution is 6.00. The minimum Gasteiger partial charge on any atom is -0.454 e. The van der Waals surface area contributed by atoms with E-state index in [4.69, 9.17) is 9.47 Å². The van der Waals surface area contributed by atoms with E-state index in [1.165, 1.54) is 11.0 Å². The van der Waals surface area contributed by atoms with Gasteiger partial charge in [-0.25, -0.2) is 4.39 Å². The maximum atomic E-state index is 14.2. The van der Waals surface area contributed by atoms with Crippen molar-refractivity contribution < 1.29 is 23.5 Å². The molecular weight excluding hydrogens is 399 g/mol. The van der Waals surface area contributed by atoms with Crippen LogP contribution in [0.3, 0.4) is 0 Å². The number of hydrogen-bond donors (Lipinski definition) is 0. The Bertz CT molecular complexity index is 1000. The average Bonchev–Trinajstić information content (AvgIpc) is 3.52. The zero-order valence-electron chi connectivity index (χ0n) is 17.3. The molecule has 0 bridgehead atoms. The van der Waals surface area contributed by atoms with Gasteiger partial charge in [-0.3, -0.25) is 9.59 Å². The summed E-state index contributed by atoms with van der Waals surface area (Å²) in [6.07, 6.45) is 4.24. The third kappa shape index (κ3) is 3.84. The van der Waals surface area contributed by atoms with Gasteiger partial charge < -0.3 is 19.3 Å². The van der Waals surface area contributed by atoms with Crippen molar-refractivity contribution >= 4 is 17.5 Å². The highest BCUT2D eigenvalue weighted by Gasteiger charge is 2.40. The molecule has 2 amide bonds. The second kappa shape index (κ2) is 8.21. The van der Waals surface area contributed by atoms with E-state index in [2.05, 4.69) is 0 Å². The molecule has 31 heavy (non-hydrogen) atoms. The number of ether oxygens (including phenoxy) is 2. The second-order valence-electron chi connectivity index (χ2n) is 8.45. The van der Waals surface area contributed by atoms with Crippen LogP contribution in [0, 0.1) is 11.7 Å². The van der Waals surface area contributed by atoms with Gasteiger partial charge in [0.2, 0.25) is 18.6 Å². The van der Waals surface area contributed by atoms with Crippen LogP contribution in [0.1, 0.15) is 37.7 Å². The summed E-state index contributed by atoms with van der Waals surface area (Å²) >= 11 is 0. The largest absolute Gasteiger partial charge is 0.454 e. The lowest BCUT2D eigenvalue weighted by Gasteiger charge is -2.31. The number of para-hydroxylation sites is 1. The van der Waals surface area contributed by atoms with Crippen LogP contribution in [-0.2, 0) is 16.1 Å². The second-order valence-corrected chi connectivity index (χ2v) is 8.45. The van der Waals surface area contributed by atoms with Crippen LogP contribution >= 0.6 is 0 Å². The van der Waals surface area contributed by atoms with Gasteiger partial charge in [0.15, 0.2) is 11.5 Å². The molecule has 1 atom stereocenters. The summed E-state index contributed by atoms with van der Waals surface area (Å²) in [6, 6.07) is 12.1. The fourth-order valence-corrected chi connectivity index (χ4v) is 4.85. The maximum Gasteiger partial charge on any atom is 0.231 e. The molecule has 162 valence electrons. The molecule has 6 nitrogen and oxygen atoms in total. The lowest BCUT2D eigenvalue weighted by atomic mass is 10.0. The van der Waals surface area contributed by atoms with Crippen LogP contribution in [0.25, 0.3) is 0 Å². The standard InChI is InChI=1S/C24H25FN2O4/c25-19-7-3-4-8-20(19)27-14-17(12-23(27)28)24(29)26(18-5-1-2-6-18)13-16-9-10-21-22(11-16)31-15-30-21/h3-4,7-11,17-18H,1-2,5-6,12-15H2. The van der Waals surface area contributed by atoms with Crippen molar-refractivity contribution in [2.24, 2.45) is 5.92 Å². The molecule has 2 aliphatic heterocycles. The van der Waals surface area contributed by atoms with Gasteiger partial charge >= 0.3 is 0 Å². The minimum atomic E-state index is -0.471.